The zero-order chi connectivity index (χ0) is 13.6. The molecule has 0 radical (unpaired) electrons. The minimum atomic E-state index is -0.225. The fourth-order valence-electron chi connectivity index (χ4n) is 1.21. The molecule has 0 aromatic carbocycles. The fourth-order valence-corrected chi connectivity index (χ4v) is 1.21. The van der Waals surface area contributed by atoms with E-state index in [9.17, 15) is 4.79 Å². The second-order valence-corrected chi connectivity index (χ2v) is 4.63. The van der Waals surface area contributed by atoms with Gasteiger partial charge in [0.05, 0.1) is 6.54 Å². The van der Waals surface area contributed by atoms with Gasteiger partial charge in [-0.2, -0.15) is 0 Å². The van der Waals surface area contributed by atoms with Crippen molar-refractivity contribution in [2.24, 2.45) is 5.73 Å². The molecule has 0 atom stereocenters. The second kappa shape index (κ2) is 6.18. The van der Waals surface area contributed by atoms with Gasteiger partial charge in [0.1, 0.15) is 5.69 Å². The summed E-state index contributed by atoms with van der Waals surface area (Å²) in [5.41, 5.74) is 6.21. The lowest BCUT2D eigenvalue weighted by Crippen LogP contribution is -2.43. The number of nitrogens with one attached hydrogen (secondary N) is 1. The monoisotopic (exact) mass is 245 g/mol. The van der Waals surface area contributed by atoms with Crippen molar-refractivity contribution in [2.75, 3.05) is 6.54 Å². The van der Waals surface area contributed by atoms with E-state index in [2.05, 4.69) is 22.1 Å². The van der Waals surface area contributed by atoms with E-state index in [0.29, 0.717) is 12.2 Å². The van der Waals surface area contributed by atoms with Crippen LogP contribution in [0.2, 0.25) is 0 Å². The number of nitrogens with two attached hydrogens (primary N) is 1. The first-order chi connectivity index (χ1) is 8.48. The molecule has 1 amide bonds. The number of pyridine rings is 1. The van der Waals surface area contributed by atoms with Gasteiger partial charge >= 0.3 is 0 Å². The summed E-state index contributed by atoms with van der Waals surface area (Å²) in [6, 6.07) is 3.44. The molecule has 4 nitrogen and oxygen atoms in total. The Bertz CT molecular complexity index is 466. The van der Waals surface area contributed by atoms with Gasteiger partial charge in [0, 0.05) is 17.3 Å². The number of nitrogens with zero attached hydrogens (tertiary/aromatic N) is 1. The largest absolute Gasteiger partial charge is 0.346 e. The molecule has 1 heterocycles. The molecule has 3 N–H and O–H groups in total. The molecule has 0 bridgehead atoms. The zero-order valence-electron chi connectivity index (χ0n) is 11.1. The Morgan fingerprint density at radius 1 is 1.50 bits per heavy atom. The summed E-state index contributed by atoms with van der Waals surface area (Å²) in [5, 5.41) is 2.93. The van der Waals surface area contributed by atoms with Crippen LogP contribution in [0, 0.1) is 11.8 Å². The molecule has 0 unspecified atom stereocenters. The Kier molecular flexibility index (Phi) is 4.87. The van der Waals surface area contributed by atoms with Crippen molar-refractivity contribution in [3.8, 4) is 11.8 Å². The number of hydrogen-bond acceptors (Lipinski definition) is 3. The fraction of sp³-hybridized carbons (Fsp3) is 0.429. The molecule has 0 aliphatic carbocycles. The molecule has 4 heteroatoms. The predicted molar refractivity (Wildman–Crippen MR) is 72.0 cm³/mol. The summed E-state index contributed by atoms with van der Waals surface area (Å²) in [7, 11) is 0. The molecular weight excluding hydrogens is 226 g/mol. The highest BCUT2D eigenvalue weighted by Crippen LogP contribution is 2.08. The third-order valence-electron chi connectivity index (χ3n) is 2.67. The molecule has 0 spiro atoms. The van der Waals surface area contributed by atoms with E-state index in [0.717, 1.165) is 12.0 Å². The molecule has 18 heavy (non-hydrogen) atoms. The maximum absolute atomic E-state index is 11.9. The number of carbonyl (C=O) groups is 1. The van der Waals surface area contributed by atoms with Crippen LogP contribution < -0.4 is 11.1 Å². The molecule has 1 aromatic heterocycles. The number of rotatable bonds is 3. The van der Waals surface area contributed by atoms with E-state index in [1.54, 1.807) is 18.3 Å². The van der Waals surface area contributed by atoms with E-state index in [1.807, 2.05) is 20.8 Å². The molecule has 0 saturated carbocycles. The standard InChI is InChI=1S/C14H19N3O/c1-4-14(2,3)17-13(18)12-8-7-11(10-16-12)6-5-9-15/h7-8,10H,4,9,15H2,1-3H3,(H,17,18). The van der Waals surface area contributed by atoms with Crippen molar-refractivity contribution in [1.29, 1.82) is 0 Å². The normalized spacial score (nSPS) is 10.4. The highest BCUT2D eigenvalue weighted by molar-refractivity contribution is 5.92. The Balaban J connectivity index is 2.76. The molecule has 1 aromatic rings. The van der Waals surface area contributed by atoms with E-state index in [1.165, 1.54) is 0 Å². The number of aromatic nitrogens is 1. The van der Waals surface area contributed by atoms with Crippen LogP contribution >= 0.6 is 0 Å². The van der Waals surface area contributed by atoms with Gasteiger partial charge in [0.25, 0.3) is 5.91 Å². The van der Waals surface area contributed by atoms with Crippen molar-refractivity contribution in [1.82, 2.24) is 10.3 Å². The highest BCUT2D eigenvalue weighted by Gasteiger charge is 2.19. The van der Waals surface area contributed by atoms with Crippen molar-refractivity contribution >= 4 is 5.91 Å². The molecule has 0 fully saturated rings. The Labute approximate surface area is 108 Å². The van der Waals surface area contributed by atoms with Gasteiger partial charge in [-0.05, 0) is 32.4 Å². The molecule has 0 saturated heterocycles. The lowest BCUT2D eigenvalue weighted by atomic mass is 10.0. The van der Waals surface area contributed by atoms with E-state index in [-0.39, 0.29) is 11.4 Å². The second-order valence-electron chi connectivity index (χ2n) is 4.63. The van der Waals surface area contributed by atoms with Crippen LogP contribution in [-0.2, 0) is 0 Å². The zero-order valence-corrected chi connectivity index (χ0v) is 11.1. The predicted octanol–water partition coefficient (Wildman–Crippen LogP) is 1.31. The van der Waals surface area contributed by atoms with Gasteiger partial charge < -0.3 is 11.1 Å². The van der Waals surface area contributed by atoms with Crippen molar-refractivity contribution in [2.45, 2.75) is 32.7 Å². The number of hydrogen-bond donors (Lipinski definition) is 2. The Morgan fingerprint density at radius 2 is 2.22 bits per heavy atom. The summed E-state index contributed by atoms with van der Waals surface area (Å²) < 4.78 is 0. The third kappa shape index (κ3) is 4.19. The van der Waals surface area contributed by atoms with Crippen molar-refractivity contribution < 1.29 is 4.79 Å². The first kappa shape index (κ1) is 14.2. The first-order valence-corrected chi connectivity index (χ1v) is 5.96. The Morgan fingerprint density at radius 3 is 2.72 bits per heavy atom. The summed E-state index contributed by atoms with van der Waals surface area (Å²) in [6.07, 6.45) is 2.44. The summed E-state index contributed by atoms with van der Waals surface area (Å²) >= 11 is 0. The van der Waals surface area contributed by atoms with Crippen molar-refractivity contribution in [3.05, 3.63) is 29.6 Å². The van der Waals surface area contributed by atoms with E-state index >= 15 is 0 Å². The molecule has 0 aliphatic rings. The van der Waals surface area contributed by atoms with Crippen LogP contribution in [0.3, 0.4) is 0 Å². The van der Waals surface area contributed by atoms with Crippen LogP contribution in [-0.4, -0.2) is 23.0 Å². The molecule has 0 aliphatic heterocycles. The van der Waals surface area contributed by atoms with Gasteiger partial charge in [-0.25, -0.2) is 4.98 Å². The lowest BCUT2D eigenvalue weighted by molar-refractivity contribution is 0.0906. The third-order valence-corrected chi connectivity index (χ3v) is 2.67. The number of carbonyl (C=O) groups excluding carboxylic acids is 1. The summed E-state index contributed by atoms with van der Waals surface area (Å²) in [4.78, 5) is 16.0. The molecule has 1 rings (SSSR count). The van der Waals surface area contributed by atoms with Gasteiger partial charge in [-0.3, -0.25) is 4.79 Å². The smallest absolute Gasteiger partial charge is 0.270 e. The van der Waals surface area contributed by atoms with Gasteiger partial charge in [0.2, 0.25) is 0 Å². The van der Waals surface area contributed by atoms with Gasteiger partial charge in [-0.15, -0.1) is 0 Å². The molecular formula is C14H19N3O. The minimum Gasteiger partial charge on any atom is -0.346 e. The van der Waals surface area contributed by atoms with Crippen LogP contribution in [0.1, 0.15) is 43.2 Å². The first-order valence-electron chi connectivity index (χ1n) is 5.96. The SMILES string of the molecule is CCC(C)(C)NC(=O)c1ccc(C#CCN)cn1. The average Bonchev–Trinajstić information content (AvgIpc) is 2.36. The van der Waals surface area contributed by atoms with Crippen LogP contribution in [0.25, 0.3) is 0 Å². The topological polar surface area (TPSA) is 68.0 Å². The average molecular weight is 245 g/mol. The Hall–Kier alpha value is -1.86. The van der Waals surface area contributed by atoms with Crippen LogP contribution in [0.5, 0.6) is 0 Å². The summed E-state index contributed by atoms with van der Waals surface area (Å²) in [6.45, 7) is 6.30. The molecule has 96 valence electrons. The maximum Gasteiger partial charge on any atom is 0.270 e. The minimum absolute atomic E-state index is 0.166. The van der Waals surface area contributed by atoms with Gasteiger partial charge in [-0.1, -0.05) is 18.8 Å². The lowest BCUT2D eigenvalue weighted by Gasteiger charge is -2.24. The quantitative estimate of drug-likeness (QED) is 0.789. The van der Waals surface area contributed by atoms with Crippen LogP contribution in [0.4, 0.5) is 0 Å². The van der Waals surface area contributed by atoms with E-state index < -0.39 is 0 Å². The maximum atomic E-state index is 11.9. The van der Waals surface area contributed by atoms with E-state index in [4.69, 9.17) is 5.73 Å². The summed E-state index contributed by atoms with van der Waals surface area (Å²) in [5.74, 6) is 5.43. The van der Waals surface area contributed by atoms with Crippen molar-refractivity contribution in [3.63, 3.8) is 0 Å². The van der Waals surface area contributed by atoms with Crippen LogP contribution in [0.15, 0.2) is 18.3 Å². The van der Waals surface area contributed by atoms with Gasteiger partial charge in [0.15, 0.2) is 0 Å². The number of amides is 1. The highest BCUT2D eigenvalue weighted by atomic mass is 16.2.